The van der Waals surface area contributed by atoms with E-state index in [9.17, 15) is 14.4 Å². The van der Waals surface area contributed by atoms with Crippen LogP contribution in [0.1, 0.15) is 11.3 Å². The third-order valence-electron chi connectivity index (χ3n) is 3.50. The maximum atomic E-state index is 11.8. The summed E-state index contributed by atoms with van der Waals surface area (Å²) < 4.78 is 0. The average Bonchev–Trinajstić information content (AvgIpc) is 2.71. The molecule has 0 amide bonds. The van der Waals surface area contributed by atoms with Crippen molar-refractivity contribution in [2.24, 2.45) is 5.73 Å². The van der Waals surface area contributed by atoms with Gasteiger partial charge in [-0.1, -0.05) is 12.2 Å². The molecule has 3 aromatic rings. The summed E-state index contributed by atoms with van der Waals surface area (Å²) in [7, 11) is 0. The van der Waals surface area contributed by atoms with Gasteiger partial charge in [0, 0.05) is 23.4 Å². The lowest BCUT2D eigenvalue weighted by atomic mass is 10.2. The second kappa shape index (κ2) is 10.4. The fourth-order valence-electron chi connectivity index (χ4n) is 2.14. The van der Waals surface area contributed by atoms with Crippen molar-refractivity contribution in [3.63, 3.8) is 0 Å². The molecule has 1 aromatic carbocycles. The Morgan fingerprint density at radius 2 is 1.74 bits per heavy atom. The highest BCUT2D eigenvalue weighted by molar-refractivity contribution is 7.80. The molecule has 0 fully saturated rings. The van der Waals surface area contributed by atoms with E-state index in [0.717, 1.165) is 11.3 Å². The number of H-pyrrole nitrogens is 1. The van der Waals surface area contributed by atoms with Crippen molar-refractivity contribution in [3.8, 4) is 0 Å². The van der Waals surface area contributed by atoms with E-state index in [2.05, 4.69) is 25.3 Å². The van der Waals surface area contributed by atoms with Crippen LogP contribution >= 0.6 is 12.2 Å². The highest BCUT2D eigenvalue weighted by atomic mass is 32.1. The summed E-state index contributed by atoms with van der Waals surface area (Å²) in [5.41, 5.74) is 13.3. The van der Waals surface area contributed by atoms with Crippen molar-refractivity contribution < 1.29 is 19.8 Å². The second-order valence-corrected chi connectivity index (χ2v) is 6.23. The number of aromatic nitrogens is 4. The molecule has 8 N–H and O–H groups in total. The maximum absolute atomic E-state index is 11.8. The quantitative estimate of drug-likeness (QED) is 0.224. The molecule has 0 aliphatic carbocycles. The Hall–Kier alpha value is -4.39. The summed E-state index contributed by atoms with van der Waals surface area (Å²) in [5, 5.41) is 18.8. The number of rotatable bonds is 6. The SMILES string of the molecule is NC(=S)c1ccc(NCc2cnc3nc(N)[nH]c(=O)c3n2)cc1.O=C(O)/C=C\C(=O)O. The van der Waals surface area contributed by atoms with Crippen LogP contribution < -0.4 is 22.3 Å². The van der Waals surface area contributed by atoms with Crippen LogP contribution in [0.25, 0.3) is 11.2 Å². The minimum atomic E-state index is -1.26. The number of carboxylic acid groups (broad SMARTS) is 2. The van der Waals surface area contributed by atoms with E-state index in [0.29, 0.717) is 29.4 Å². The highest BCUT2D eigenvalue weighted by Crippen LogP contribution is 2.11. The van der Waals surface area contributed by atoms with E-state index < -0.39 is 17.5 Å². The van der Waals surface area contributed by atoms with Crippen molar-refractivity contribution in [3.05, 3.63) is 64.2 Å². The lowest BCUT2D eigenvalue weighted by Gasteiger charge is -2.07. The summed E-state index contributed by atoms with van der Waals surface area (Å²) >= 11 is 4.90. The molecule has 2 heterocycles. The molecule has 0 aliphatic heterocycles. The molecule has 0 spiro atoms. The number of thiocarbonyl (C=S) groups is 1. The molecule has 2 aromatic heterocycles. The van der Waals surface area contributed by atoms with Gasteiger partial charge < -0.3 is 27.0 Å². The summed E-state index contributed by atoms with van der Waals surface area (Å²) in [6.07, 6.45) is 2.66. The van der Waals surface area contributed by atoms with Crippen LogP contribution in [-0.4, -0.2) is 47.1 Å². The number of nitrogens with zero attached hydrogens (tertiary/aromatic N) is 3. The molecule has 12 nitrogen and oxygen atoms in total. The number of aromatic amines is 1. The van der Waals surface area contributed by atoms with E-state index in [1.165, 1.54) is 0 Å². The van der Waals surface area contributed by atoms with E-state index in [-0.39, 0.29) is 17.1 Å². The number of anilines is 2. The zero-order chi connectivity index (χ0) is 23.0. The largest absolute Gasteiger partial charge is 0.478 e. The minimum absolute atomic E-state index is 0.0144. The molecule has 0 bridgehead atoms. The second-order valence-electron chi connectivity index (χ2n) is 5.79. The van der Waals surface area contributed by atoms with Gasteiger partial charge >= 0.3 is 11.9 Å². The Kier molecular flexibility index (Phi) is 7.68. The number of aliphatic carboxylic acids is 2. The van der Waals surface area contributed by atoms with Crippen LogP contribution in [0.2, 0.25) is 0 Å². The fraction of sp³-hybridized carbons (Fsp3) is 0.0556. The number of nitrogens with two attached hydrogens (primary N) is 2. The van der Waals surface area contributed by atoms with Gasteiger partial charge in [0.25, 0.3) is 5.56 Å². The molecule has 160 valence electrons. The molecule has 0 radical (unpaired) electrons. The third-order valence-corrected chi connectivity index (χ3v) is 3.73. The molecular weight excluding hydrogens is 426 g/mol. The fourth-order valence-corrected chi connectivity index (χ4v) is 2.28. The van der Waals surface area contributed by atoms with Gasteiger partial charge in [0.05, 0.1) is 18.4 Å². The van der Waals surface area contributed by atoms with Crippen LogP contribution in [-0.2, 0) is 16.1 Å². The van der Waals surface area contributed by atoms with Gasteiger partial charge in [-0.05, 0) is 24.3 Å². The van der Waals surface area contributed by atoms with Gasteiger partial charge in [-0.3, -0.25) is 9.78 Å². The summed E-state index contributed by atoms with van der Waals surface area (Å²) in [4.78, 5) is 45.9. The van der Waals surface area contributed by atoms with Crippen LogP contribution in [0.3, 0.4) is 0 Å². The maximum Gasteiger partial charge on any atom is 0.328 e. The first-order valence-electron chi connectivity index (χ1n) is 8.45. The van der Waals surface area contributed by atoms with Crippen molar-refractivity contribution in [2.75, 3.05) is 11.1 Å². The Balaban J connectivity index is 0.000000366. The van der Waals surface area contributed by atoms with Crippen molar-refractivity contribution in [1.82, 2.24) is 19.9 Å². The predicted octanol–water partition coefficient (Wildman–Crippen LogP) is 0.253. The number of nitrogen functional groups attached to an aromatic ring is 1. The molecule has 0 atom stereocenters. The summed E-state index contributed by atoms with van der Waals surface area (Å²) in [6.45, 7) is 0.402. The van der Waals surface area contributed by atoms with Crippen LogP contribution in [0, 0.1) is 0 Å². The van der Waals surface area contributed by atoms with Gasteiger partial charge in [0.2, 0.25) is 5.95 Å². The zero-order valence-corrected chi connectivity index (χ0v) is 16.6. The molecule has 3 rings (SSSR count). The van der Waals surface area contributed by atoms with Gasteiger partial charge in [0.1, 0.15) is 4.99 Å². The van der Waals surface area contributed by atoms with Gasteiger partial charge in [-0.15, -0.1) is 0 Å². The van der Waals surface area contributed by atoms with Crippen LogP contribution in [0.15, 0.2) is 47.4 Å². The zero-order valence-electron chi connectivity index (χ0n) is 15.8. The smallest absolute Gasteiger partial charge is 0.328 e. The molecule has 0 unspecified atom stereocenters. The lowest BCUT2D eigenvalue weighted by Crippen LogP contribution is -2.15. The molecule has 0 saturated heterocycles. The van der Waals surface area contributed by atoms with E-state index in [4.69, 9.17) is 33.9 Å². The molecule has 0 aliphatic rings. The van der Waals surface area contributed by atoms with E-state index in [1.54, 1.807) is 6.20 Å². The highest BCUT2D eigenvalue weighted by Gasteiger charge is 2.06. The first-order chi connectivity index (χ1) is 14.7. The first kappa shape index (κ1) is 22.9. The van der Waals surface area contributed by atoms with Crippen LogP contribution in [0.4, 0.5) is 11.6 Å². The number of fused-ring (bicyclic) bond motifs is 1. The Bertz CT molecular complexity index is 1190. The van der Waals surface area contributed by atoms with Crippen molar-refractivity contribution in [2.45, 2.75) is 6.54 Å². The van der Waals surface area contributed by atoms with Crippen LogP contribution in [0.5, 0.6) is 0 Å². The summed E-state index contributed by atoms with van der Waals surface area (Å²) in [5.74, 6) is -2.50. The lowest BCUT2D eigenvalue weighted by molar-refractivity contribution is -0.134. The number of carbonyl (C=O) groups is 2. The number of hydrogen-bond acceptors (Lipinski definition) is 9. The topological polar surface area (TPSA) is 210 Å². The number of nitrogens with one attached hydrogen (secondary N) is 2. The van der Waals surface area contributed by atoms with Crippen molar-refractivity contribution in [1.29, 1.82) is 0 Å². The predicted molar refractivity (Wildman–Crippen MR) is 116 cm³/mol. The van der Waals surface area contributed by atoms with Crippen molar-refractivity contribution >= 4 is 51.9 Å². The number of hydrogen-bond donors (Lipinski definition) is 6. The molecule has 31 heavy (non-hydrogen) atoms. The monoisotopic (exact) mass is 443 g/mol. The Morgan fingerprint density at radius 1 is 1.13 bits per heavy atom. The third kappa shape index (κ3) is 7.17. The molecule has 0 saturated carbocycles. The van der Waals surface area contributed by atoms with Gasteiger partial charge in [0.15, 0.2) is 11.2 Å². The minimum Gasteiger partial charge on any atom is -0.478 e. The Labute approximate surface area is 179 Å². The number of benzene rings is 1. The average molecular weight is 443 g/mol. The summed E-state index contributed by atoms with van der Waals surface area (Å²) in [6, 6.07) is 7.37. The standard InChI is InChI=1S/C14H13N7OS.C4H4O4/c15-11(23)7-1-3-8(4-2-7)17-5-9-6-18-12-10(19-9)13(22)21-14(16)20-12;5-3(6)1-2-4(7)8/h1-4,6,17H,5H2,(H2,15,23)(H3,16,18,20,21,22);1-2H,(H,5,6)(H,7,8)/b;2-1-. The number of carboxylic acids is 2. The van der Waals surface area contributed by atoms with E-state index in [1.807, 2.05) is 24.3 Å². The Morgan fingerprint density at radius 3 is 2.29 bits per heavy atom. The van der Waals surface area contributed by atoms with E-state index >= 15 is 0 Å². The molecular formula is C18H17N7O5S. The van der Waals surface area contributed by atoms with Gasteiger partial charge in [-0.25, -0.2) is 19.6 Å². The normalized spacial score (nSPS) is 10.3. The van der Waals surface area contributed by atoms with Gasteiger partial charge in [-0.2, -0.15) is 4.98 Å². The first-order valence-corrected chi connectivity index (χ1v) is 8.85. The molecule has 13 heteroatoms.